The summed E-state index contributed by atoms with van der Waals surface area (Å²) in [6.07, 6.45) is -2.72. The Bertz CT molecular complexity index is 159. The van der Waals surface area contributed by atoms with E-state index in [9.17, 15) is 13.2 Å². The summed E-state index contributed by atoms with van der Waals surface area (Å²) in [6.45, 7) is 2.42. The molecule has 0 radical (unpaired) electrons. The summed E-state index contributed by atoms with van der Waals surface area (Å²) in [5.74, 6) is 0. The zero-order valence-corrected chi connectivity index (χ0v) is 9.35. The Balaban J connectivity index is 3.38. The molecule has 0 aliphatic carbocycles. The fraction of sp³-hybridized carbons (Fsp3) is 1.00. The van der Waals surface area contributed by atoms with Crippen LogP contribution in [0.2, 0.25) is 0 Å². The van der Waals surface area contributed by atoms with Crippen LogP contribution in [-0.4, -0.2) is 42.4 Å². The molecule has 0 saturated carbocycles. The predicted octanol–water partition coefficient (Wildman–Crippen LogP) is 2.42. The SMILES string of the molecule is CC(O)CCCCN(C)CCC(F)(F)F. The van der Waals surface area contributed by atoms with Crippen molar-refractivity contribution in [1.29, 1.82) is 0 Å². The summed E-state index contributed by atoms with van der Waals surface area (Å²) < 4.78 is 35.6. The maximum absolute atomic E-state index is 11.9. The normalized spacial score (nSPS) is 14.6. The molecule has 0 fully saturated rings. The molecule has 0 amide bonds. The van der Waals surface area contributed by atoms with Crippen LogP contribution in [0.5, 0.6) is 0 Å². The van der Waals surface area contributed by atoms with Gasteiger partial charge in [-0.1, -0.05) is 0 Å². The molecule has 1 N–H and O–H groups in total. The number of aliphatic hydroxyl groups is 1. The average Bonchev–Trinajstić information content (AvgIpc) is 2.07. The lowest BCUT2D eigenvalue weighted by Gasteiger charge is -2.17. The summed E-state index contributed by atoms with van der Waals surface area (Å²) in [5, 5.41) is 8.97. The highest BCUT2D eigenvalue weighted by molar-refractivity contribution is 4.58. The van der Waals surface area contributed by atoms with Gasteiger partial charge in [0.2, 0.25) is 0 Å². The van der Waals surface area contributed by atoms with Crippen molar-refractivity contribution in [3.8, 4) is 0 Å². The second-order valence-electron chi connectivity index (χ2n) is 4.01. The molecule has 0 aromatic carbocycles. The van der Waals surface area contributed by atoms with Crippen molar-refractivity contribution in [2.24, 2.45) is 0 Å². The molecule has 5 heteroatoms. The molecule has 0 bridgehead atoms. The molecular formula is C10H20F3NO. The van der Waals surface area contributed by atoms with Crippen molar-refractivity contribution in [3.05, 3.63) is 0 Å². The number of nitrogens with zero attached hydrogens (tertiary/aromatic N) is 1. The molecule has 1 unspecified atom stereocenters. The lowest BCUT2D eigenvalue weighted by Crippen LogP contribution is -2.25. The number of rotatable bonds is 7. The van der Waals surface area contributed by atoms with Crippen LogP contribution in [0.25, 0.3) is 0 Å². The van der Waals surface area contributed by atoms with E-state index >= 15 is 0 Å². The molecule has 1 atom stereocenters. The number of unbranched alkanes of at least 4 members (excludes halogenated alkanes) is 1. The summed E-state index contributed by atoms with van der Waals surface area (Å²) in [5.41, 5.74) is 0. The number of hydrogen-bond acceptors (Lipinski definition) is 2. The van der Waals surface area contributed by atoms with Gasteiger partial charge in [0, 0.05) is 6.54 Å². The van der Waals surface area contributed by atoms with Crippen LogP contribution in [-0.2, 0) is 0 Å². The van der Waals surface area contributed by atoms with Gasteiger partial charge in [-0.25, -0.2) is 0 Å². The molecule has 0 rings (SSSR count). The first kappa shape index (κ1) is 14.7. The van der Waals surface area contributed by atoms with Gasteiger partial charge in [-0.3, -0.25) is 0 Å². The fourth-order valence-electron chi connectivity index (χ4n) is 1.25. The van der Waals surface area contributed by atoms with E-state index in [1.807, 2.05) is 0 Å². The first-order valence-corrected chi connectivity index (χ1v) is 5.24. The van der Waals surface area contributed by atoms with Gasteiger partial charge < -0.3 is 10.0 Å². The third kappa shape index (κ3) is 11.6. The topological polar surface area (TPSA) is 23.5 Å². The highest BCUT2D eigenvalue weighted by atomic mass is 19.4. The van der Waals surface area contributed by atoms with Gasteiger partial charge >= 0.3 is 6.18 Å². The van der Waals surface area contributed by atoms with Gasteiger partial charge in [-0.2, -0.15) is 13.2 Å². The third-order valence-corrected chi connectivity index (χ3v) is 2.19. The fourth-order valence-corrected chi connectivity index (χ4v) is 1.25. The summed E-state index contributed by atoms with van der Waals surface area (Å²) in [6, 6.07) is 0. The molecule has 0 aliphatic heterocycles. The van der Waals surface area contributed by atoms with E-state index in [1.165, 1.54) is 0 Å². The van der Waals surface area contributed by atoms with Crippen molar-refractivity contribution < 1.29 is 18.3 Å². The molecule has 0 heterocycles. The number of hydrogen-bond donors (Lipinski definition) is 1. The monoisotopic (exact) mass is 227 g/mol. The van der Waals surface area contributed by atoms with Crippen LogP contribution in [0.1, 0.15) is 32.6 Å². The Morgan fingerprint density at radius 1 is 1.20 bits per heavy atom. The summed E-state index contributed by atoms with van der Waals surface area (Å²) in [7, 11) is 1.69. The largest absolute Gasteiger partial charge is 0.393 e. The minimum atomic E-state index is -4.06. The smallest absolute Gasteiger partial charge is 0.390 e. The third-order valence-electron chi connectivity index (χ3n) is 2.19. The molecule has 0 spiro atoms. The Labute approximate surface area is 89.1 Å². The quantitative estimate of drug-likeness (QED) is 0.675. The van der Waals surface area contributed by atoms with Gasteiger partial charge in [0.1, 0.15) is 0 Å². The van der Waals surface area contributed by atoms with Crippen molar-refractivity contribution in [2.75, 3.05) is 20.1 Å². The molecule has 92 valence electrons. The van der Waals surface area contributed by atoms with Crippen LogP contribution < -0.4 is 0 Å². The molecule has 0 aromatic heterocycles. The van der Waals surface area contributed by atoms with Gasteiger partial charge in [0.15, 0.2) is 0 Å². The first-order valence-electron chi connectivity index (χ1n) is 5.24. The van der Waals surface area contributed by atoms with Gasteiger partial charge in [-0.05, 0) is 39.8 Å². The van der Waals surface area contributed by atoms with E-state index in [0.29, 0.717) is 13.0 Å². The summed E-state index contributed by atoms with van der Waals surface area (Å²) in [4.78, 5) is 1.68. The standard InChI is InChI=1S/C10H20F3NO/c1-9(15)5-3-4-7-14(2)8-6-10(11,12)13/h9,15H,3-8H2,1-2H3. The molecule has 0 aromatic rings. The predicted molar refractivity (Wildman–Crippen MR) is 53.7 cm³/mol. The van der Waals surface area contributed by atoms with Crippen molar-refractivity contribution in [2.45, 2.75) is 44.9 Å². The molecule has 0 aliphatic rings. The van der Waals surface area contributed by atoms with Crippen LogP contribution in [0.4, 0.5) is 13.2 Å². The Hall–Kier alpha value is -0.290. The number of alkyl halides is 3. The summed E-state index contributed by atoms with van der Waals surface area (Å²) >= 11 is 0. The molecule has 15 heavy (non-hydrogen) atoms. The van der Waals surface area contributed by atoms with Crippen molar-refractivity contribution in [3.63, 3.8) is 0 Å². The van der Waals surface area contributed by atoms with Gasteiger partial charge in [-0.15, -0.1) is 0 Å². The maximum atomic E-state index is 11.9. The van der Waals surface area contributed by atoms with Crippen LogP contribution >= 0.6 is 0 Å². The second kappa shape index (κ2) is 7.06. The highest BCUT2D eigenvalue weighted by Crippen LogP contribution is 2.19. The second-order valence-corrected chi connectivity index (χ2v) is 4.01. The zero-order valence-electron chi connectivity index (χ0n) is 9.35. The van der Waals surface area contributed by atoms with E-state index < -0.39 is 12.6 Å². The number of halogens is 3. The van der Waals surface area contributed by atoms with E-state index in [1.54, 1.807) is 18.9 Å². The minimum absolute atomic E-state index is 0.0537. The maximum Gasteiger partial charge on any atom is 0.390 e. The Kier molecular flexibility index (Phi) is 6.92. The van der Waals surface area contributed by atoms with E-state index in [-0.39, 0.29) is 12.6 Å². The zero-order chi connectivity index (χ0) is 11.9. The highest BCUT2D eigenvalue weighted by Gasteiger charge is 2.26. The average molecular weight is 227 g/mol. The Morgan fingerprint density at radius 3 is 2.27 bits per heavy atom. The lowest BCUT2D eigenvalue weighted by atomic mass is 10.1. The first-order chi connectivity index (χ1) is 6.81. The van der Waals surface area contributed by atoms with Crippen molar-refractivity contribution >= 4 is 0 Å². The lowest BCUT2D eigenvalue weighted by molar-refractivity contribution is -0.137. The van der Waals surface area contributed by atoms with E-state index in [2.05, 4.69) is 0 Å². The van der Waals surface area contributed by atoms with E-state index in [0.717, 1.165) is 12.8 Å². The number of aliphatic hydroxyl groups excluding tert-OH is 1. The Morgan fingerprint density at radius 2 is 1.80 bits per heavy atom. The molecule has 0 saturated heterocycles. The van der Waals surface area contributed by atoms with E-state index in [4.69, 9.17) is 5.11 Å². The van der Waals surface area contributed by atoms with Gasteiger partial charge in [0.25, 0.3) is 0 Å². The van der Waals surface area contributed by atoms with Crippen LogP contribution in [0, 0.1) is 0 Å². The van der Waals surface area contributed by atoms with Crippen LogP contribution in [0.3, 0.4) is 0 Å². The van der Waals surface area contributed by atoms with Gasteiger partial charge in [0.05, 0.1) is 12.5 Å². The minimum Gasteiger partial charge on any atom is -0.393 e. The van der Waals surface area contributed by atoms with Crippen molar-refractivity contribution in [1.82, 2.24) is 4.90 Å². The molecular weight excluding hydrogens is 207 g/mol. The van der Waals surface area contributed by atoms with Crippen LogP contribution in [0.15, 0.2) is 0 Å². The molecule has 2 nitrogen and oxygen atoms in total.